The van der Waals surface area contributed by atoms with Crippen LogP contribution >= 0.6 is 15.9 Å². The van der Waals surface area contributed by atoms with Gasteiger partial charge in [-0.2, -0.15) is 5.10 Å². The molecule has 1 aromatic carbocycles. The van der Waals surface area contributed by atoms with E-state index in [4.69, 9.17) is 0 Å². The van der Waals surface area contributed by atoms with Gasteiger partial charge in [-0.1, -0.05) is 29.3 Å². The van der Waals surface area contributed by atoms with Gasteiger partial charge in [0.05, 0.1) is 0 Å². The van der Waals surface area contributed by atoms with Crippen molar-refractivity contribution in [2.45, 2.75) is 33.2 Å². The van der Waals surface area contributed by atoms with E-state index in [0.717, 1.165) is 28.6 Å². The number of aromatic nitrogens is 2. The minimum Gasteiger partial charge on any atom is -0.320 e. The van der Waals surface area contributed by atoms with E-state index in [-0.39, 0.29) is 17.2 Å². The molecule has 1 aromatic heterocycles. The molecular weight excluding hydrogens is 346 g/mol. The fourth-order valence-electron chi connectivity index (χ4n) is 1.99. The predicted molar refractivity (Wildman–Crippen MR) is 90.2 cm³/mol. The van der Waals surface area contributed by atoms with Gasteiger partial charge in [-0.15, -0.1) is 0 Å². The summed E-state index contributed by atoms with van der Waals surface area (Å²) in [5, 5.41) is 6.95. The number of benzene rings is 1. The highest BCUT2D eigenvalue weighted by atomic mass is 79.9. The van der Waals surface area contributed by atoms with E-state index in [1.165, 1.54) is 16.8 Å². The highest BCUT2D eigenvalue weighted by molar-refractivity contribution is 9.10. The molecule has 6 heteroatoms. The summed E-state index contributed by atoms with van der Waals surface area (Å²) in [6, 6.07) is 8.44. The maximum Gasteiger partial charge on any atom is 0.276 e. The first kappa shape index (κ1) is 16.4. The van der Waals surface area contributed by atoms with Gasteiger partial charge in [-0.3, -0.25) is 9.59 Å². The molecule has 0 aliphatic heterocycles. The van der Waals surface area contributed by atoms with Crippen LogP contribution in [0.5, 0.6) is 0 Å². The number of rotatable bonds is 5. The summed E-state index contributed by atoms with van der Waals surface area (Å²) in [5.41, 5.74) is 1.71. The van der Waals surface area contributed by atoms with Gasteiger partial charge in [0.2, 0.25) is 0 Å². The van der Waals surface area contributed by atoms with Gasteiger partial charge in [0.25, 0.3) is 11.5 Å². The van der Waals surface area contributed by atoms with Gasteiger partial charge in [-0.05, 0) is 43.2 Å². The second-order valence-electron chi connectivity index (χ2n) is 5.05. The minimum absolute atomic E-state index is 0.190. The molecule has 0 radical (unpaired) electrons. The molecule has 0 aliphatic carbocycles. The maximum atomic E-state index is 12.3. The molecule has 5 nitrogen and oxygen atoms in total. The van der Waals surface area contributed by atoms with Crippen molar-refractivity contribution in [1.82, 2.24) is 9.78 Å². The quantitative estimate of drug-likeness (QED) is 0.885. The lowest BCUT2D eigenvalue weighted by Gasteiger charge is -2.09. The lowest BCUT2D eigenvalue weighted by Crippen LogP contribution is -2.26. The van der Waals surface area contributed by atoms with Gasteiger partial charge in [0.1, 0.15) is 5.69 Å². The van der Waals surface area contributed by atoms with Crippen LogP contribution in [0.3, 0.4) is 0 Å². The van der Waals surface area contributed by atoms with E-state index >= 15 is 0 Å². The number of nitrogens with one attached hydrogen (secondary N) is 1. The number of halogens is 1. The summed E-state index contributed by atoms with van der Waals surface area (Å²) in [6.07, 6.45) is 1.81. The first-order valence-corrected chi connectivity index (χ1v) is 7.96. The molecule has 2 aromatic rings. The Bertz CT molecular complexity index is 740. The molecule has 1 N–H and O–H groups in total. The molecule has 0 aliphatic rings. The van der Waals surface area contributed by atoms with Gasteiger partial charge in [0, 0.05) is 22.8 Å². The second-order valence-corrected chi connectivity index (χ2v) is 5.96. The van der Waals surface area contributed by atoms with Crippen molar-refractivity contribution in [2.24, 2.45) is 0 Å². The summed E-state index contributed by atoms with van der Waals surface area (Å²) in [5.74, 6) is -0.323. The molecule has 0 bridgehead atoms. The van der Waals surface area contributed by atoms with Crippen molar-refractivity contribution in [3.05, 3.63) is 56.4 Å². The van der Waals surface area contributed by atoms with Gasteiger partial charge in [0.15, 0.2) is 0 Å². The van der Waals surface area contributed by atoms with Gasteiger partial charge >= 0.3 is 0 Å². The number of nitrogens with zero attached hydrogens (tertiary/aromatic N) is 2. The van der Waals surface area contributed by atoms with Crippen LogP contribution in [0.4, 0.5) is 5.69 Å². The molecule has 0 saturated heterocycles. The van der Waals surface area contributed by atoms with E-state index in [1.54, 1.807) is 0 Å². The molecule has 1 heterocycles. The summed E-state index contributed by atoms with van der Waals surface area (Å²) in [7, 11) is 0. The Kier molecular flexibility index (Phi) is 5.49. The lowest BCUT2D eigenvalue weighted by molar-refractivity contribution is 0.101. The molecule has 2 rings (SSSR count). The average molecular weight is 364 g/mol. The molecule has 0 saturated carbocycles. The fraction of sp³-hybridized carbons (Fsp3) is 0.312. The zero-order chi connectivity index (χ0) is 16.1. The number of unbranched alkanes of at least 4 members (excludes halogenated alkanes) is 1. The van der Waals surface area contributed by atoms with E-state index < -0.39 is 0 Å². The van der Waals surface area contributed by atoms with Crippen molar-refractivity contribution >= 4 is 27.5 Å². The molecule has 116 valence electrons. The van der Waals surface area contributed by atoms with E-state index in [2.05, 4.69) is 26.3 Å². The number of aryl methyl sites for hydroxylation is 2. The average Bonchev–Trinajstić information content (AvgIpc) is 2.49. The molecule has 0 atom stereocenters. The Morgan fingerprint density at radius 2 is 2.09 bits per heavy atom. The van der Waals surface area contributed by atoms with Crippen LogP contribution in [0, 0.1) is 6.92 Å². The molecule has 1 amide bonds. The monoisotopic (exact) mass is 363 g/mol. The van der Waals surface area contributed by atoms with Crippen LogP contribution in [0.1, 0.15) is 35.8 Å². The van der Waals surface area contributed by atoms with Crippen LogP contribution in [0.2, 0.25) is 0 Å². The van der Waals surface area contributed by atoms with Gasteiger partial charge < -0.3 is 5.32 Å². The second kappa shape index (κ2) is 7.35. The third-order valence-corrected chi connectivity index (χ3v) is 3.75. The zero-order valence-corrected chi connectivity index (χ0v) is 14.2. The summed E-state index contributed by atoms with van der Waals surface area (Å²) >= 11 is 3.39. The van der Waals surface area contributed by atoms with Crippen molar-refractivity contribution < 1.29 is 4.79 Å². The van der Waals surface area contributed by atoms with Crippen LogP contribution < -0.4 is 10.9 Å². The Morgan fingerprint density at radius 3 is 2.77 bits per heavy atom. The lowest BCUT2D eigenvalue weighted by atomic mass is 10.2. The summed E-state index contributed by atoms with van der Waals surface area (Å²) in [4.78, 5) is 24.0. The summed E-state index contributed by atoms with van der Waals surface area (Å²) in [6.45, 7) is 4.47. The molecular formula is C16H18BrN3O2. The number of hydrogen-bond acceptors (Lipinski definition) is 3. The molecule has 0 fully saturated rings. The molecule has 0 unspecified atom stereocenters. The van der Waals surface area contributed by atoms with Crippen molar-refractivity contribution in [1.29, 1.82) is 0 Å². The van der Waals surface area contributed by atoms with Gasteiger partial charge in [-0.25, -0.2) is 4.68 Å². The highest BCUT2D eigenvalue weighted by Gasteiger charge is 2.11. The third-order valence-electron chi connectivity index (χ3n) is 3.26. The van der Waals surface area contributed by atoms with E-state index in [1.807, 2.05) is 32.0 Å². The normalized spacial score (nSPS) is 10.5. The van der Waals surface area contributed by atoms with Crippen LogP contribution in [-0.4, -0.2) is 15.7 Å². The number of hydrogen-bond donors (Lipinski definition) is 1. The Hall–Kier alpha value is -1.95. The maximum absolute atomic E-state index is 12.3. The van der Waals surface area contributed by atoms with E-state index in [9.17, 15) is 9.59 Å². The standard InChI is InChI=1S/C16H18BrN3O2/c1-3-4-9-20-15(21)8-7-14(19-20)16(22)18-13-6-5-12(17)10-11(13)2/h5-8,10H,3-4,9H2,1-2H3,(H,18,22). The number of amides is 1. The van der Waals surface area contributed by atoms with Crippen LogP contribution in [0.25, 0.3) is 0 Å². The highest BCUT2D eigenvalue weighted by Crippen LogP contribution is 2.20. The predicted octanol–water partition coefficient (Wildman–Crippen LogP) is 3.37. The Labute approximate surface area is 137 Å². The van der Waals surface area contributed by atoms with Crippen molar-refractivity contribution in [3.63, 3.8) is 0 Å². The third kappa shape index (κ3) is 4.04. The van der Waals surface area contributed by atoms with Crippen LogP contribution in [-0.2, 0) is 6.54 Å². The fourth-order valence-corrected chi connectivity index (χ4v) is 2.47. The molecule has 0 spiro atoms. The Morgan fingerprint density at radius 1 is 1.32 bits per heavy atom. The number of carbonyl (C=O) groups excluding carboxylic acids is 1. The van der Waals surface area contributed by atoms with Crippen molar-refractivity contribution in [2.75, 3.05) is 5.32 Å². The first-order valence-electron chi connectivity index (χ1n) is 7.17. The number of anilines is 1. The topological polar surface area (TPSA) is 64.0 Å². The zero-order valence-electron chi connectivity index (χ0n) is 12.6. The Balaban J connectivity index is 2.20. The summed E-state index contributed by atoms with van der Waals surface area (Å²) < 4.78 is 2.29. The van der Waals surface area contributed by atoms with Crippen molar-refractivity contribution in [3.8, 4) is 0 Å². The van der Waals surface area contributed by atoms with E-state index in [0.29, 0.717) is 6.54 Å². The largest absolute Gasteiger partial charge is 0.320 e. The number of carbonyl (C=O) groups is 1. The molecule has 22 heavy (non-hydrogen) atoms. The minimum atomic E-state index is -0.323. The SMILES string of the molecule is CCCCn1nc(C(=O)Nc2ccc(Br)cc2C)ccc1=O. The smallest absolute Gasteiger partial charge is 0.276 e. The first-order chi connectivity index (χ1) is 10.5. The van der Waals surface area contributed by atoms with Crippen LogP contribution in [0.15, 0.2) is 39.6 Å².